The molecule has 1 aliphatic rings. The van der Waals surface area contributed by atoms with E-state index in [9.17, 15) is 9.59 Å². The van der Waals surface area contributed by atoms with E-state index in [4.69, 9.17) is 9.84 Å². The number of amides is 1. The van der Waals surface area contributed by atoms with E-state index in [1.165, 1.54) is 0 Å². The zero-order valence-electron chi connectivity index (χ0n) is 12.8. The van der Waals surface area contributed by atoms with E-state index in [0.717, 1.165) is 23.1 Å². The first-order valence-corrected chi connectivity index (χ1v) is 7.92. The second-order valence-corrected chi connectivity index (χ2v) is 5.93. The number of thioether (sulfide) groups is 1. The molecule has 1 aromatic carbocycles. The average molecular weight is 335 g/mol. The van der Waals surface area contributed by atoms with Crippen molar-refractivity contribution in [2.45, 2.75) is 25.5 Å². The molecule has 0 spiro atoms. The lowest BCUT2D eigenvalue weighted by Gasteiger charge is -2.04. The maximum absolute atomic E-state index is 11.6. The quantitative estimate of drug-likeness (QED) is 0.610. The number of aliphatic carboxylic acids is 1. The summed E-state index contributed by atoms with van der Waals surface area (Å²) in [5.74, 6) is -0.594. The van der Waals surface area contributed by atoms with E-state index in [2.05, 4.69) is 15.5 Å². The van der Waals surface area contributed by atoms with Gasteiger partial charge in [0, 0.05) is 0 Å². The molecule has 2 N–H and O–H groups in total. The summed E-state index contributed by atoms with van der Waals surface area (Å²) in [4.78, 5) is 22.3. The minimum absolute atomic E-state index is 0.239. The molecule has 1 saturated heterocycles. The number of carbonyl (C=O) groups excluding carboxylic acids is 1. The minimum Gasteiger partial charge on any atom is -0.494 e. The molecular formula is C15H17N3O4S. The number of carboxylic acid groups (broad SMARTS) is 1. The summed E-state index contributed by atoms with van der Waals surface area (Å²) in [5.41, 5.74) is 1.56. The molecule has 1 unspecified atom stereocenters. The first-order valence-electron chi connectivity index (χ1n) is 7.04. The third-order valence-electron chi connectivity index (χ3n) is 3.01. The van der Waals surface area contributed by atoms with Crippen molar-refractivity contribution in [3.05, 3.63) is 29.8 Å². The molecule has 8 heteroatoms. The second-order valence-electron chi connectivity index (χ2n) is 4.74. The van der Waals surface area contributed by atoms with Gasteiger partial charge in [0.15, 0.2) is 5.17 Å². The summed E-state index contributed by atoms with van der Waals surface area (Å²) in [5, 5.41) is 19.0. The monoisotopic (exact) mass is 335 g/mol. The van der Waals surface area contributed by atoms with Gasteiger partial charge in [0.1, 0.15) is 11.0 Å². The molecule has 1 aliphatic heterocycles. The number of ether oxygens (including phenoxy) is 1. The van der Waals surface area contributed by atoms with Gasteiger partial charge in [-0.25, -0.2) is 0 Å². The Morgan fingerprint density at radius 2 is 2.09 bits per heavy atom. The summed E-state index contributed by atoms with van der Waals surface area (Å²) < 4.78 is 5.37. The number of nitrogens with one attached hydrogen (secondary N) is 1. The predicted octanol–water partition coefficient (Wildman–Crippen LogP) is 1.87. The Kier molecular flexibility index (Phi) is 5.75. The molecule has 1 aromatic rings. The van der Waals surface area contributed by atoms with E-state index >= 15 is 0 Å². The van der Waals surface area contributed by atoms with Crippen LogP contribution in [0.2, 0.25) is 0 Å². The number of benzene rings is 1. The first kappa shape index (κ1) is 17.0. The van der Waals surface area contributed by atoms with Crippen LogP contribution >= 0.6 is 11.8 Å². The van der Waals surface area contributed by atoms with Gasteiger partial charge in [-0.15, -0.1) is 5.10 Å². The number of hydrogen-bond donors (Lipinski definition) is 2. The van der Waals surface area contributed by atoms with E-state index in [1.54, 1.807) is 6.92 Å². The number of amidine groups is 1. The minimum atomic E-state index is -1.02. The van der Waals surface area contributed by atoms with Crippen LogP contribution in [0.4, 0.5) is 0 Å². The summed E-state index contributed by atoms with van der Waals surface area (Å²) >= 11 is 1.07. The molecule has 1 amide bonds. The van der Waals surface area contributed by atoms with Crippen LogP contribution in [-0.2, 0) is 9.59 Å². The van der Waals surface area contributed by atoms with E-state index < -0.39 is 11.2 Å². The molecule has 7 nitrogen and oxygen atoms in total. The summed E-state index contributed by atoms with van der Waals surface area (Å²) in [6.07, 6.45) is -0.239. The van der Waals surface area contributed by atoms with Crippen molar-refractivity contribution < 1.29 is 19.4 Å². The molecule has 122 valence electrons. The van der Waals surface area contributed by atoms with Crippen molar-refractivity contribution in [2.75, 3.05) is 6.61 Å². The molecule has 0 radical (unpaired) electrons. The smallest absolute Gasteiger partial charge is 0.305 e. The van der Waals surface area contributed by atoms with Crippen LogP contribution in [-0.4, -0.2) is 39.7 Å². The first-order chi connectivity index (χ1) is 11.0. The Morgan fingerprint density at radius 1 is 1.39 bits per heavy atom. The fourth-order valence-electron chi connectivity index (χ4n) is 1.88. The fraction of sp³-hybridized carbons (Fsp3) is 0.333. The maximum Gasteiger partial charge on any atom is 0.305 e. The van der Waals surface area contributed by atoms with Crippen molar-refractivity contribution >= 4 is 34.5 Å². The Bertz CT molecular complexity index is 655. The Balaban J connectivity index is 2.03. The lowest BCUT2D eigenvalue weighted by Crippen LogP contribution is -2.26. The Labute approximate surface area is 137 Å². The number of carbonyl (C=O) groups is 2. The highest BCUT2D eigenvalue weighted by molar-refractivity contribution is 8.15. The molecule has 2 rings (SSSR count). The molecule has 1 heterocycles. The number of carboxylic acids is 1. The highest BCUT2D eigenvalue weighted by atomic mass is 32.2. The normalized spacial score (nSPS) is 19.7. The summed E-state index contributed by atoms with van der Waals surface area (Å²) in [7, 11) is 0. The van der Waals surface area contributed by atoms with Crippen molar-refractivity contribution in [2.24, 2.45) is 10.2 Å². The van der Waals surface area contributed by atoms with Crippen LogP contribution < -0.4 is 10.1 Å². The number of rotatable bonds is 6. The van der Waals surface area contributed by atoms with Gasteiger partial charge in [-0.2, -0.15) is 5.10 Å². The van der Waals surface area contributed by atoms with Crippen molar-refractivity contribution in [3.8, 4) is 5.75 Å². The lowest BCUT2D eigenvalue weighted by atomic mass is 10.1. The number of nitrogens with zero attached hydrogens (tertiary/aromatic N) is 2. The Morgan fingerprint density at radius 3 is 2.70 bits per heavy atom. The van der Waals surface area contributed by atoms with Gasteiger partial charge in [-0.05, 0) is 43.7 Å². The standard InChI is InChI=1S/C15H17N3O4S/c1-3-22-11-6-4-10(5-7-11)9(2)17-18-15-16-14(21)12(23-15)8-13(19)20/h4-7,12H,3,8H2,1-2H3,(H,19,20)(H,16,18,21). The Hall–Kier alpha value is -2.35. The van der Waals surface area contributed by atoms with Gasteiger partial charge in [0.05, 0.1) is 18.7 Å². The van der Waals surface area contributed by atoms with Crippen LogP contribution in [0.15, 0.2) is 34.5 Å². The topological polar surface area (TPSA) is 100 Å². The van der Waals surface area contributed by atoms with Crippen LogP contribution in [0.5, 0.6) is 5.75 Å². The fourth-order valence-corrected chi connectivity index (χ4v) is 2.79. The summed E-state index contributed by atoms with van der Waals surface area (Å²) in [6.45, 7) is 4.33. The highest BCUT2D eigenvalue weighted by Gasteiger charge is 2.32. The molecule has 23 heavy (non-hydrogen) atoms. The zero-order chi connectivity index (χ0) is 16.8. The second kappa shape index (κ2) is 7.77. The average Bonchev–Trinajstić information content (AvgIpc) is 2.85. The number of hydrogen-bond acceptors (Lipinski definition) is 6. The van der Waals surface area contributed by atoms with Crippen molar-refractivity contribution in [1.29, 1.82) is 0 Å². The third-order valence-corrected chi connectivity index (χ3v) is 4.08. The van der Waals surface area contributed by atoms with Crippen molar-refractivity contribution in [1.82, 2.24) is 5.32 Å². The van der Waals surface area contributed by atoms with Gasteiger partial charge >= 0.3 is 5.97 Å². The van der Waals surface area contributed by atoms with Crippen molar-refractivity contribution in [3.63, 3.8) is 0 Å². The van der Waals surface area contributed by atoms with Gasteiger partial charge in [0.2, 0.25) is 5.91 Å². The highest BCUT2D eigenvalue weighted by Crippen LogP contribution is 2.22. The SMILES string of the molecule is CCOc1ccc(C(C)=N/N=C2\NC(=O)C(CC(=O)O)S2)cc1. The van der Waals surface area contributed by atoms with Gasteiger partial charge in [0.25, 0.3) is 0 Å². The van der Waals surface area contributed by atoms with Crippen LogP contribution in [0.1, 0.15) is 25.8 Å². The molecular weight excluding hydrogens is 318 g/mol. The maximum atomic E-state index is 11.6. The summed E-state index contributed by atoms with van der Waals surface area (Å²) in [6, 6.07) is 7.44. The molecule has 1 fully saturated rings. The zero-order valence-corrected chi connectivity index (χ0v) is 13.6. The predicted molar refractivity (Wildman–Crippen MR) is 89.0 cm³/mol. The lowest BCUT2D eigenvalue weighted by molar-refractivity contribution is -0.138. The van der Waals surface area contributed by atoms with E-state index in [-0.39, 0.29) is 12.3 Å². The van der Waals surface area contributed by atoms with Gasteiger partial charge < -0.3 is 15.2 Å². The molecule has 0 aliphatic carbocycles. The largest absolute Gasteiger partial charge is 0.494 e. The molecule has 0 bridgehead atoms. The van der Waals surface area contributed by atoms with E-state index in [0.29, 0.717) is 17.5 Å². The van der Waals surface area contributed by atoms with Crippen LogP contribution in [0.3, 0.4) is 0 Å². The van der Waals surface area contributed by atoms with Gasteiger partial charge in [-0.1, -0.05) is 11.8 Å². The third kappa shape index (κ3) is 4.82. The van der Waals surface area contributed by atoms with Crippen LogP contribution in [0, 0.1) is 0 Å². The molecule has 0 aromatic heterocycles. The molecule has 0 saturated carbocycles. The van der Waals surface area contributed by atoms with Crippen LogP contribution in [0.25, 0.3) is 0 Å². The van der Waals surface area contributed by atoms with E-state index in [1.807, 2.05) is 31.2 Å². The molecule has 1 atom stereocenters. The van der Waals surface area contributed by atoms with Gasteiger partial charge in [-0.3, -0.25) is 9.59 Å².